The predicted molar refractivity (Wildman–Crippen MR) is 51.6 cm³/mol. The summed E-state index contributed by atoms with van der Waals surface area (Å²) in [6.45, 7) is 0. The summed E-state index contributed by atoms with van der Waals surface area (Å²) in [5, 5.41) is 0. The third kappa shape index (κ3) is 8.94. The van der Waals surface area contributed by atoms with Gasteiger partial charge in [0.15, 0.2) is 0 Å². The van der Waals surface area contributed by atoms with Gasteiger partial charge < -0.3 is 0 Å². The molecule has 0 aromatic heterocycles. The first kappa shape index (κ1) is 17.4. The molecule has 0 unspecified atom stereocenters. The van der Waals surface area contributed by atoms with E-state index in [0.29, 0.717) is 0 Å². The molecule has 0 aliphatic rings. The molecule has 0 radical (unpaired) electrons. The standard InChI is InChI=1S/C3H9O4P.C2H6O4S/c1-5-8(4,6-2)7-3;1-5-7(3,4)6-2/h1-3H3;1-2H3. The van der Waals surface area contributed by atoms with Crippen molar-refractivity contribution < 1.29 is 34.9 Å². The zero-order valence-electron chi connectivity index (χ0n) is 9.12. The number of phosphoric acid groups is 1. The molecular formula is C5H15O8PS. The molecule has 0 saturated carbocycles. The third-order valence-corrected chi connectivity index (χ3v) is 3.24. The lowest BCUT2D eigenvalue weighted by Crippen LogP contribution is -2.02. The van der Waals surface area contributed by atoms with Gasteiger partial charge in [0.1, 0.15) is 0 Å². The zero-order chi connectivity index (χ0) is 12.5. The smallest absolute Gasteiger partial charge is 0.290 e. The summed E-state index contributed by atoms with van der Waals surface area (Å²) in [5.74, 6) is 0. The van der Waals surface area contributed by atoms with Crippen LogP contribution in [0.2, 0.25) is 0 Å². The van der Waals surface area contributed by atoms with Crippen molar-refractivity contribution in [2.45, 2.75) is 0 Å². The van der Waals surface area contributed by atoms with E-state index in [1.54, 1.807) is 0 Å². The lowest BCUT2D eigenvalue weighted by molar-refractivity contribution is 0.178. The Morgan fingerprint density at radius 2 is 1.07 bits per heavy atom. The number of hydrogen-bond donors (Lipinski definition) is 0. The average Bonchev–Trinajstić information content (AvgIpc) is 2.29. The highest BCUT2D eigenvalue weighted by Crippen LogP contribution is 2.46. The molecule has 0 amide bonds. The van der Waals surface area contributed by atoms with Crippen molar-refractivity contribution in [2.75, 3.05) is 35.5 Å². The molecule has 10 heteroatoms. The Hall–Kier alpha value is -0.0200. The topological polar surface area (TPSA) is 97.4 Å². The van der Waals surface area contributed by atoms with Crippen molar-refractivity contribution in [1.82, 2.24) is 0 Å². The monoisotopic (exact) mass is 266 g/mol. The van der Waals surface area contributed by atoms with Crippen molar-refractivity contribution >= 4 is 18.2 Å². The van der Waals surface area contributed by atoms with Gasteiger partial charge in [-0.25, -0.2) is 4.57 Å². The van der Waals surface area contributed by atoms with Crippen LogP contribution in [0.15, 0.2) is 0 Å². The van der Waals surface area contributed by atoms with Crippen molar-refractivity contribution in [3.63, 3.8) is 0 Å². The molecule has 94 valence electrons. The van der Waals surface area contributed by atoms with Crippen LogP contribution in [-0.4, -0.2) is 44.0 Å². The Kier molecular flexibility index (Phi) is 9.46. The first-order valence-corrected chi connectivity index (χ1v) is 6.23. The van der Waals surface area contributed by atoms with Crippen LogP contribution >= 0.6 is 7.82 Å². The van der Waals surface area contributed by atoms with E-state index in [0.717, 1.165) is 14.2 Å². The maximum absolute atomic E-state index is 10.7. The highest BCUT2D eigenvalue weighted by molar-refractivity contribution is 7.81. The van der Waals surface area contributed by atoms with E-state index in [1.807, 2.05) is 0 Å². The molecule has 0 rings (SSSR count). The second-order valence-electron chi connectivity index (χ2n) is 1.74. The van der Waals surface area contributed by atoms with Crippen LogP contribution in [0.5, 0.6) is 0 Å². The molecule has 0 aromatic rings. The highest BCUT2D eigenvalue weighted by Gasteiger charge is 2.18. The Morgan fingerprint density at radius 1 is 0.800 bits per heavy atom. The van der Waals surface area contributed by atoms with E-state index in [-0.39, 0.29) is 0 Å². The van der Waals surface area contributed by atoms with Gasteiger partial charge in [0.2, 0.25) is 0 Å². The van der Waals surface area contributed by atoms with Crippen LogP contribution in [0, 0.1) is 0 Å². The Bertz CT molecular complexity index is 256. The molecule has 0 heterocycles. The van der Waals surface area contributed by atoms with Crippen LogP contribution in [0.25, 0.3) is 0 Å². The number of hydrogen-bond acceptors (Lipinski definition) is 8. The predicted octanol–water partition coefficient (Wildman–Crippen LogP) is 0.558. The fraction of sp³-hybridized carbons (Fsp3) is 1.00. The SMILES string of the molecule is COP(=O)(OC)OC.COS(=O)(=O)OC. The van der Waals surface area contributed by atoms with Gasteiger partial charge in [0.05, 0.1) is 14.2 Å². The van der Waals surface area contributed by atoms with E-state index >= 15 is 0 Å². The Labute approximate surface area is 89.4 Å². The first-order valence-electron chi connectivity index (χ1n) is 3.44. The van der Waals surface area contributed by atoms with Crippen LogP contribution in [0.3, 0.4) is 0 Å². The van der Waals surface area contributed by atoms with Gasteiger partial charge in [0.25, 0.3) is 0 Å². The lowest BCUT2D eigenvalue weighted by Gasteiger charge is -2.08. The third-order valence-electron chi connectivity index (χ3n) is 1.08. The second kappa shape index (κ2) is 8.17. The molecule has 0 N–H and O–H groups in total. The van der Waals surface area contributed by atoms with Crippen LogP contribution in [0.4, 0.5) is 0 Å². The van der Waals surface area contributed by atoms with Crippen molar-refractivity contribution in [3.8, 4) is 0 Å². The minimum atomic E-state index is -3.66. The molecule has 0 fully saturated rings. The molecule has 0 spiro atoms. The van der Waals surface area contributed by atoms with E-state index in [4.69, 9.17) is 0 Å². The van der Waals surface area contributed by atoms with E-state index < -0.39 is 18.2 Å². The second-order valence-corrected chi connectivity index (χ2v) is 5.21. The fourth-order valence-electron chi connectivity index (χ4n) is 0.292. The summed E-state index contributed by atoms with van der Waals surface area (Å²) in [7, 11) is -0.993. The Balaban J connectivity index is 0. The van der Waals surface area contributed by atoms with Crippen LogP contribution in [-0.2, 0) is 36.9 Å². The van der Waals surface area contributed by atoms with Gasteiger partial charge in [-0.1, -0.05) is 0 Å². The van der Waals surface area contributed by atoms with Crippen LogP contribution in [0.1, 0.15) is 0 Å². The summed E-state index contributed by atoms with van der Waals surface area (Å²) in [5.41, 5.74) is 0. The van der Waals surface area contributed by atoms with Gasteiger partial charge in [-0.2, -0.15) is 8.42 Å². The van der Waals surface area contributed by atoms with Crippen molar-refractivity contribution in [1.29, 1.82) is 0 Å². The number of phosphoric ester groups is 1. The molecule has 8 nitrogen and oxygen atoms in total. The molecule has 0 saturated heterocycles. The molecule has 0 aliphatic carbocycles. The summed E-state index contributed by atoms with van der Waals surface area (Å²) < 4.78 is 51.2. The summed E-state index contributed by atoms with van der Waals surface area (Å²) >= 11 is 0. The molecule has 0 atom stereocenters. The minimum absolute atomic E-state index is 1.03. The lowest BCUT2D eigenvalue weighted by atomic mass is 11.8. The van der Waals surface area contributed by atoms with Crippen LogP contribution < -0.4 is 0 Å². The fourth-order valence-corrected chi connectivity index (χ4v) is 0.875. The van der Waals surface area contributed by atoms with E-state index in [2.05, 4.69) is 21.9 Å². The molecule has 15 heavy (non-hydrogen) atoms. The Morgan fingerprint density at radius 3 is 1.07 bits per heavy atom. The van der Waals surface area contributed by atoms with Crippen molar-refractivity contribution in [3.05, 3.63) is 0 Å². The van der Waals surface area contributed by atoms with Gasteiger partial charge >= 0.3 is 18.2 Å². The maximum atomic E-state index is 10.7. The molecule has 0 aromatic carbocycles. The van der Waals surface area contributed by atoms with Crippen molar-refractivity contribution in [2.24, 2.45) is 0 Å². The summed E-state index contributed by atoms with van der Waals surface area (Å²) in [4.78, 5) is 0. The largest absolute Gasteiger partial charge is 0.473 e. The molecular weight excluding hydrogens is 251 g/mol. The highest BCUT2D eigenvalue weighted by atomic mass is 32.3. The van der Waals surface area contributed by atoms with Gasteiger partial charge in [0, 0.05) is 21.3 Å². The quantitative estimate of drug-likeness (QED) is 0.666. The summed E-state index contributed by atoms with van der Waals surface area (Å²) in [6.07, 6.45) is 0. The average molecular weight is 266 g/mol. The zero-order valence-corrected chi connectivity index (χ0v) is 10.8. The molecule has 0 bridgehead atoms. The van der Waals surface area contributed by atoms with Gasteiger partial charge in [-0.05, 0) is 0 Å². The first-order chi connectivity index (χ1) is 6.80. The molecule has 0 aliphatic heterocycles. The van der Waals surface area contributed by atoms with E-state index in [1.165, 1.54) is 21.3 Å². The van der Waals surface area contributed by atoms with Gasteiger partial charge in [-0.15, -0.1) is 0 Å². The summed E-state index contributed by atoms with van der Waals surface area (Å²) in [6, 6.07) is 0. The normalized spacial score (nSPS) is 11.8. The number of rotatable bonds is 5. The maximum Gasteiger partial charge on any atom is 0.473 e. The van der Waals surface area contributed by atoms with Gasteiger partial charge in [-0.3, -0.25) is 21.9 Å². The van der Waals surface area contributed by atoms with E-state index in [9.17, 15) is 13.0 Å². The minimum Gasteiger partial charge on any atom is -0.290 e.